The Kier molecular flexibility index (Phi) is 5.08. The fourth-order valence-electron chi connectivity index (χ4n) is 2.20. The third kappa shape index (κ3) is 3.72. The van der Waals surface area contributed by atoms with Crippen LogP contribution in [-0.4, -0.2) is 23.2 Å². The molecule has 0 spiro atoms. The molecule has 0 unspecified atom stereocenters. The van der Waals surface area contributed by atoms with Crippen LogP contribution < -0.4 is 10.1 Å². The predicted octanol–water partition coefficient (Wildman–Crippen LogP) is 4.04. The van der Waals surface area contributed by atoms with Crippen LogP contribution in [-0.2, 0) is 6.42 Å². The molecule has 0 saturated carbocycles. The van der Waals surface area contributed by atoms with Crippen LogP contribution in [0.5, 0.6) is 5.75 Å². The number of ether oxygens (including phenoxy) is 1. The summed E-state index contributed by atoms with van der Waals surface area (Å²) in [6.07, 6.45) is 0.587. The first kappa shape index (κ1) is 16.4. The van der Waals surface area contributed by atoms with Crippen LogP contribution >= 0.6 is 22.9 Å². The Hall–Kier alpha value is -2.44. The SMILES string of the molecule is COc1ccccc1Cc1nnc(NC(=O)c2ccccc2Cl)s1. The van der Waals surface area contributed by atoms with Crippen molar-refractivity contribution in [1.29, 1.82) is 0 Å². The minimum atomic E-state index is -0.305. The normalized spacial score (nSPS) is 10.4. The van der Waals surface area contributed by atoms with Gasteiger partial charge in [-0.15, -0.1) is 10.2 Å². The number of amides is 1. The van der Waals surface area contributed by atoms with Crippen LogP contribution in [0.3, 0.4) is 0 Å². The lowest BCUT2D eigenvalue weighted by Crippen LogP contribution is -2.12. The summed E-state index contributed by atoms with van der Waals surface area (Å²) in [5.74, 6) is 0.495. The number of para-hydroxylation sites is 1. The van der Waals surface area contributed by atoms with Gasteiger partial charge in [0.05, 0.1) is 17.7 Å². The van der Waals surface area contributed by atoms with Gasteiger partial charge in [-0.25, -0.2) is 0 Å². The monoisotopic (exact) mass is 359 g/mol. The summed E-state index contributed by atoms with van der Waals surface area (Å²) < 4.78 is 5.33. The van der Waals surface area contributed by atoms with Crippen molar-refractivity contribution in [3.8, 4) is 5.75 Å². The number of carbonyl (C=O) groups excluding carboxylic acids is 1. The molecule has 1 amide bonds. The van der Waals surface area contributed by atoms with E-state index in [9.17, 15) is 4.79 Å². The second-order valence-corrected chi connectivity index (χ2v) is 6.39. The molecule has 3 rings (SSSR count). The van der Waals surface area contributed by atoms with Crippen molar-refractivity contribution in [2.24, 2.45) is 0 Å². The maximum atomic E-state index is 12.2. The quantitative estimate of drug-likeness (QED) is 0.746. The van der Waals surface area contributed by atoms with Gasteiger partial charge in [0.2, 0.25) is 5.13 Å². The average molecular weight is 360 g/mol. The Morgan fingerprint density at radius 1 is 1.17 bits per heavy atom. The number of aromatic nitrogens is 2. The molecule has 0 fully saturated rings. The predicted molar refractivity (Wildman–Crippen MR) is 95.1 cm³/mol. The minimum absolute atomic E-state index is 0.305. The standard InChI is InChI=1S/C17H14ClN3O2S/c1-23-14-9-5-2-6-11(14)10-15-20-21-17(24-15)19-16(22)12-7-3-4-8-13(12)18/h2-9H,10H2,1H3,(H,19,21,22). The molecular formula is C17H14ClN3O2S. The van der Waals surface area contributed by atoms with Gasteiger partial charge >= 0.3 is 0 Å². The number of benzene rings is 2. The van der Waals surface area contributed by atoms with Gasteiger partial charge in [-0.05, 0) is 18.2 Å². The topological polar surface area (TPSA) is 64.1 Å². The van der Waals surface area contributed by atoms with E-state index in [0.717, 1.165) is 16.3 Å². The number of hydrogen-bond donors (Lipinski definition) is 1. The van der Waals surface area contributed by atoms with E-state index in [-0.39, 0.29) is 5.91 Å². The Balaban J connectivity index is 1.72. The molecule has 0 radical (unpaired) electrons. The highest BCUT2D eigenvalue weighted by Gasteiger charge is 2.13. The Bertz CT molecular complexity index is 866. The van der Waals surface area contributed by atoms with E-state index in [1.807, 2.05) is 24.3 Å². The number of methoxy groups -OCH3 is 1. The molecule has 0 atom stereocenters. The highest BCUT2D eigenvalue weighted by molar-refractivity contribution is 7.15. The van der Waals surface area contributed by atoms with Gasteiger partial charge in [0.15, 0.2) is 0 Å². The van der Waals surface area contributed by atoms with E-state index in [1.165, 1.54) is 11.3 Å². The number of rotatable bonds is 5. The average Bonchev–Trinajstić information content (AvgIpc) is 3.02. The van der Waals surface area contributed by atoms with Gasteiger partial charge in [-0.3, -0.25) is 10.1 Å². The van der Waals surface area contributed by atoms with Crippen molar-refractivity contribution in [2.75, 3.05) is 12.4 Å². The molecule has 24 heavy (non-hydrogen) atoms. The van der Waals surface area contributed by atoms with Crippen molar-refractivity contribution >= 4 is 34.0 Å². The minimum Gasteiger partial charge on any atom is -0.496 e. The molecular weight excluding hydrogens is 346 g/mol. The third-order valence-corrected chi connectivity index (χ3v) is 4.51. The van der Waals surface area contributed by atoms with Gasteiger partial charge < -0.3 is 4.74 Å². The van der Waals surface area contributed by atoms with Crippen LogP contribution in [0.25, 0.3) is 0 Å². The number of anilines is 1. The lowest BCUT2D eigenvalue weighted by atomic mass is 10.1. The summed E-state index contributed by atoms with van der Waals surface area (Å²) in [7, 11) is 1.63. The molecule has 0 bridgehead atoms. The second-order valence-electron chi connectivity index (χ2n) is 4.92. The van der Waals surface area contributed by atoms with Crippen molar-refractivity contribution < 1.29 is 9.53 Å². The van der Waals surface area contributed by atoms with E-state index in [0.29, 0.717) is 22.1 Å². The first-order valence-corrected chi connectivity index (χ1v) is 8.37. The molecule has 2 aromatic carbocycles. The van der Waals surface area contributed by atoms with E-state index >= 15 is 0 Å². The molecule has 0 aliphatic carbocycles. The van der Waals surface area contributed by atoms with Gasteiger partial charge in [0, 0.05) is 12.0 Å². The maximum Gasteiger partial charge on any atom is 0.259 e. The van der Waals surface area contributed by atoms with Gasteiger partial charge in [-0.1, -0.05) is 53.3 Å². The van der Waals surface area contributed by atoms with Crippen molar-refractivity contribution in [3.05, 3.63) is 69.7 Å². The van der Waals surface area contributed by atoms with E-state index < -0.39 is 0 Å². The third-order valence-electron chi connectivity index (χ3n) is 3.34. The first-order chi connectivity index (χ1) is 11.7. The van der Waals surface area contributed by atoms with Crippen molar-refractivity contribution in [1.82, 2.24) is 10.2 Å². The number of carbonyl (C=O) groups is 1. The molecule has 0 aliphatic rings. The highest BCUT2D eigenvalue weighted by Crippen LogP contribution is 2.25. The summed E-state index contributed by atoms with van der Waals surface area (Å²) in [6, 6.07) is 14.6. The summed E-state index contributed by atoms with van der Waals surface area (Å²) in [5, 5.41) is 12.5. The van der Waals surface area contributed by atoms with Gasteiger partial charge in [0.1, 0.15) is 10.8 Å². The zero-order valence-electron chi connectivity index (χ0n) is 12.8. The number of nitrogens with zero attached hydrogens (tertiary/aromatic N) is 2. The fourth-order valence-corrected chi connectivity index (χ4v) is 3.18. The lowest BCUT2D eigenvalue weighted by Gasteiger charge is -2.05. The molecule has 5 nitrogen and oxygen atoms in total. The highest BCUT2D eigenvalue weighted by atomic mass is 35.5. The summed E-state index contributed by atoms with van der Waals surface area (Å²) in [6.45, 7) is 0. The summed E-state index contributed by atoms with van der Waals surface area (Å²) in [4.78, 5) is 12.2. The Labute approximate surface area is 148 Å². The summed E-state index contributed by atoms with van der Waals surface area (Å²) >= 11 is 7.35. The molecule has 3 aromatic rings. The second kappa shape index (κ2) is 7.42. The molecule has 122 valence electrons. The van der Waals surface area contributed by atoms with Crippen LogP contribution in [0.2, 0.25) is 5.02 Å². The van der Waals surface area contributed by atoms with Crippen LogP contribution in [0.1, 0.15) is 20.9 Å². The smallest absolute Gasteiger partial charge is 0.259 e. The zero-order valence-corrected chi connectivity index (χ0v) is 14.4. The Morgan fingerprint density at radius 2 is 1.92 bits per heavy atom. The van der Waals surface area contributed by atoms with Crippen LogP contribution in [0.15, 0.2) is 48.5 Å². The van der Waals surface area contributed by atoms with Crippen molar-refractivity contribution in [2.45, 2.75) is 6.42 Å². The van der Waals surface area contributed by atoms with E-state index in [1.54, 1.807) is 31.4 Å². The molecule has 1 N–H and O–H groups in total. The Morgan fingerprint density at radius 3 is 2.71 bits per heavy atom. The van der Waals surface area contributed by atoms with Crippen LogP contribution in [0, 0.1) is 0 Å². The largest absolute Gasteiger partial charge is 0.496 e. The number of nitrogens with one attached hydrogen (secondary N) is 1. The first-order valence-electron chi connectivity index (χ1n) is 7.17. The van der Waals surface area contributed by atoms with Crippen LogP contribution in [0.4, 0.5) is 5.13 Å². The maximum absolute atomic E-state index is 12.2. The fraction of sp³-hybridized carbons (Fsp3) is 0.118. The molecule has 1 aromatic heterocycles. The molecule has 0 aliphatic heterocycles. The number of halogens is 1. The van der Waals surface area contributed by atoms with Crippen molar-refractivity contribution in [3.63, 3.8) is 0 Å². The molecule has 0 saturated heterocycles. The summed E-state index contributed by atoms with van der Waals surface area (Å²) in [5.41, 5.74) is 1.42. The van der Waals surface area contributed by atoms with E-state index in [4.69, 9.17) is 16.3 Å². The lowest BCUT2D eigenvalue weighted by molar-refractivity contribution is 0.102. The zero-order chi connectivity index (χ0) is 16.9. The van der Waals surface area contributed by atoms with E-state index in [2.05, 4.69) is 15.5 Å². The number of hydrogen-bond acceptors (Lipinski definition) is 5. The van der Waals surface area contributed by atoms with Gasteiger partial charge in [0.25, 0.3) is 5.91 Å². The molecule has 1 heterocycles. The van der Waals surface area contributed by atoms with Gasteiger partial charge in [-0.2, -0.15) is 0 Å². The molecule has 7 heteroatoms.